The number of rotatable bonds is 3. The van der Waals surface area contributed by atoms with E-state index in [1.807, 2.05) is 0 Å². The minimum atomic E-state index is -2.09. The normalized spacial score (nSPS) is 11.4. The molecule has 0 atom stereocenters. The lowest BCUT2D eigenvalue weighted by Crippen LogP contribution is -2.31. The van der Waals surface area contributed by atoms with E-state index in [4.69, 9.17) is 7.57 Å². The van der Waals surface area contributed by atoms with Gasteiger partial charge in [-0.25, -0.2) is 0 Å². The van der Waals surface area contributed by atoms with Crippen LogP contribution in [-0.4, -0.2) is 7.57 Å². The minimum Gasteiger partial charge on any atom is -0.0555 e. The SMILES string of the molecule is [B][P+](c1ccc(C)cc1)(c1ccc(C)cc1)c1ccc(C)cc1. The topological polar surface area (TPSA) is 0 Å². The van der Waals surface area contributed by atoms with Gasteiger partial charge in [-0.2, -0.15) is 0 Å². The zero-order valence-electron chi connectivity index (χ0n) is 14.0. The van der Waals surface area contributed by atoms with Crippen LogP contribution in [0.1, 0.15) is 16.7 Å². The Labute approximate surface area is 141 Å². The second kappa shape index (κ2) is 6.34. The standard InChI is InChI=1S/C21H21BP/c1-16-4-10-19(11-5-16)23(22,20-12-6-17(2)7-13-20)21-14-8-18(3)9-15-21/h4-15H,1-3H3/q+1. The summed E-state index contributed by atoms with van der Waals surface area (Å²) in [5.41, 5.74) is 3.77. The molecule has 0 fully saturated rings. The molecule has 112 valence electrons. The molecule has 0 unspecified atom stereocenters. The fourth-order valence-electron chi connectivity index (χ4n) is 2.79. The summed E-state index contributed by atoms with van der Waals surface area (Å²) in [4.78, 5) is 0. The average Bonchev–Trinajstić information content (AvgIpc) is 2.56. The summed E-state index contributed by atoms with van der Waals surface area (Å²) in [5.74, 6) is 0. The quantitative estimate of drug-likeness (QED) is 0.506. The van der Waals surface area contributed by atoms with E-state index < -0.39 is 7.14 Å². The van der Waals surface area contributed by atoms with E-state index in [0.29, 0.717) is 0 Å². The molecule has 0 aromatic heterocycles. The summed E-state index contributed by atoms with van der Waals surface area (Å²) in [6.45, 7) is 6.33. The number of hydrogen-bond donors (Lipinski definition) is 0. The molecule has 0 bridgehead atoms. The number of aryl methyl sites for hydroxylation is 3. The van der Waals surface area contributed by atoms with Gasteiger partial charge in [0.05, 0.1) is 23.1 Å². The Balaban J connectivity index is 2.21. The molecule has 3 aromatic rings. The van der Waals surface area contributed by atoms with Crippen LogP contribution < -0.4 is 15.9 Å². The highest BCUT2D eigenvalue weighted by atomic mass is 31.2. The van der Waals surface area contributed by atoms with E-state index in [-0.39, 0.29) is 0 Å². The van der Waals surface area contributed by atoms with Gasteiger partial charge in [0, 0.05) is 0 Å². The molecule has 0 N–H and O–H groups in total. The van der Waals surface area contributed by atoms with Crippen LogP contribution in [0.5, 0.6) is 0 Å². The van der Waals surface area contributed by atoms with E-state index >= 15 is 0 Å². The van der Waals surface area contributed by atoms with Crippen LogP contribution in [0.3, 0.4) is 0 Å². The molecule has 0 nitrogen and oxygen atoms in total. The van der Waals surface area contributed by atoms with Crippen molar-refractivity contribution >= 4 is 30.6 Å². The monoisotopic (exact) mass is 315 g/mol. The van der Waals surface area contributed by atoms with Crippen LogP contribution in [0.25, 0.3) is 0 Å². The fourth-order valence-corrected chi connectivity index (χ4v) is 5.54. The minimum absolute atomic E-state index is 1.22. The molecule has 0 aliphatic carbocycles. The Bertz CT molecular complexity index is 676. The predicted octanol–water partition coefficient (Wildman–Crippen LogP) is 3.99. The second-order valence-electron chi connectivity index (χ2n) is 6.23. The number of hydrogen-bond acceptors (Lipinski definition) is 0. The molecule has 0 saturated carbocycles. The van der Waals surface area contributed by atoms with Gasteiger partial charge in [-0.3, -0.25) is 0 Å². The number of benzene rings is 3. The van der Waals surface area contributed by atoms with Gasteiger partial charge in [-0.15, -0.1) is 0 Å². The lowest BCUT2D eigenvalue weighted by atomic mass is 10.2. The molecule has 2 heteroatoms. The van der Waals surface area contributed by atoms with Crippen LogP contribution in [-0.2, 0) is 0 Å². The molecular weight excluding hydrogens is 294 g/mol. The first-order valence-corrected chi connectivity index (χ1v) is 9.75. The van der Waals surface area contributed by atoms with Gasteiger partial charge >= 0.3 is 7.57 Å². The van der Waals surface area contributed by atoms with E-state index in [1.165, 1.54) is 32.6 Å². The average molecular weight is 315 g/mol. The summed E-state index contributed by atoms with van der Waals surface area (Å²) in [5, 5.41) is 3.66. The van der Waals surface area contributed by atoms with Gasteiger partial charge in [0.2, 0.25) is 0 Å². The highest BCUT2D eigenvalue weighted by Crippen LogP contribution is 2.50. The first-order chi connectivity index (χ1) is 11.0. The summed E-state index contributed by atoms with van der Waals surface area (Å²) in [6, 6.07) is 26.0. The summed E-state index contributed by atoms with van der Waals surface area (Å²) < 4.78 is 0. The largest absolute Gasteiger partial charge is 0.383 e. The molecule has 23 heavy (non-hydrogen) atoms. The smallest absolute Gasteiger partial charge is 0.0555 e. The fraction of sp³-hybridized carbons (Fsp3) is 0.143. The Morgan fingerprint density at radius 2 is 0.696 bits per heavy atom. The van der Waals surface area contributed by atoms with Crippen LogP contribution in [0.15, 0.2) is 72.8 Å². The third kappa shape index (κ3) is 3.12. The van der Waals surface area contributed by atoms with Gasteiger partial charge < -0.3 is 0 Å². The molecule has 0 heterocycles. The Kier molecular flexibility index (Phi) is 4.42. The van der Waals surface area contributed by atoms with Gasteiger partial charge in [0.25, 0.3) is 0 Å². The Hall–Kier alpha value is -1.85. The molecule has 0 aliphatic heterocycles. The predicted molar refractivity (Wildman–Crippen MR) is 105 cm³/mol. The molecule has 3 aromatic carbocycles. The van der Waals surface area contributed by atoms with Crippen molar-refractivity contribution in [3.05, 3.63) is 89.5 Å². The second-order valence-corrected chi connectivity index (χ2v) is 9.22. The third-order valence-electron chi connectivity index (χ3n) is 4.32. The van der Waals surface area contributed by atoms with Crippen LogP contribution in [0.2, 0.25) is 0 Å². The van der Waals surface area contributed by atoms with Gasteiger partial charge in [-0.05, 0) is 57.2 Å². The van der Waals surface area contributed by atoms with Crippen molar-refractivity contribution in [2.45, 2.75) is 20.8 Å². The lowest BCUT2D eigenvalue weighted by Gasteiger charge is -2.24. The molecule has 3 rings (SSSR count). The maximum absolute atomic E-state index is 7.12. The van der Waals surface area contributed by atoms with Crippen LogP contribution in [0.4, 0.5) is 0 Å². The highest BCUT2D eigenvalue weighted by molar-refractivity contribution is 8.13. The summed E-state index contributed by atoms with van der Waals surface area (Å²) >= 11 is 0. The Morgan fingerprint density at radius 1 is 0.478 bits per heavy atom. The van der Waals surface area contributed by atoms with E-state index in [0.717, 1.165) is 0 Å². The van der Waals surface area contributed by atoms with Gasteiger partial charge in [0.1, 0.15) is 0 Å². The molecular formula is C21H21BP+. The van der Waals surface area contributed by atoms with Crippen molar-refractivity contribution in [1.82, 2.24) is 0 Å². The van der Waals surface area contributed by atoms with Crippen molar-refractivity contribution in [1.29, 1.82) is 0 Å². The summed E-state index contributed by atoms with van der Waals surface area (Å²) in [6.07, 6.45) is 0. The zero-order chi connectivity index (χ0) is 16.4. The molecule has 0 aliphatic rings. The summed E-state index contributed by atoms with van der Waals surface area (Å²) in [7, 11) is 5.04. The highest BCUT2D eigenvalue weighted by Gasteiger charge is 2.39. The van der Waals surface area contributed by atoms with Crippen molar-refractivity contribution in [3.63, 3.8) is 0 Å². The molecule has 0 saturated heterocycles. The van der Waals surface area contributed by atoms with Crippen molar-refractivity contribution in [3.8, 4) is 0 Å². The first-order valence-electron chi connectivity index (χ1n) is 7.89. The zero-order valence-corrected chi connectivity index (χ0v) is 14.8. The van der Waals surface area contributed by atoms with Gasteiger partial charge in [0.15, 0.2) is 0 Å². The van der Waals surface area contributed by atoms with Crippen molar-refractivity contribution < 1.29 is 0 Å². The maximum atomic E-state index is 7.12. The van der Waals surface area contributed by atoms with E-state index in [1.54, 1.807) is 0 Å². The molecule has 0 amide bonds. The third-order valence-corrected chi connectivity index (χ3v) is 7.66. The first kappa shape index (κ1) is 16.0. The lowest BCUT2D eigenvalue weighted by molar-refractivity contribution is 1.48. The van der Waals surface area contributed by atoms with E-state index in [2.05, 4.69) is 93.6 Å². The molecule has 2 radical (unpaired) electrons. The van der Waals surface area contributed by atoms with Crippen molar-refractivity contribution in [2.24, 2.45) is 0 Å². The van der Waals surface area contributed by atoms with Gasteiger partial charge in [-0.1, -0.05) is 53.1 Å². The maximum Gasteiger partial charge on any atom is 0.383 e. The van der Waals surface area contributed by atoms with Crippen molar-refractivity contribution in [2.75, 3.05) is 0 Å². The van der Waals surface area contributed by atoms with E-state index in [9.17, 15) is 0 Å². The Morgan fingerprint density at radius 3 is 0.913 bits per heavy atom. The van der Waals surface area contributed by atoms with Crippen LogP contribution >= 0.6 is 7.14 Å². The molecule has 0 spiro atoms. The van der Waals surface area contributed by atoms with Crippen LogP contribution in [0, 0.1) is 20.8 Å².